The topological polar surface area (TPSA) is 49.6 Å². The molecule has 0 bridgehead atoms. The molecule has 17 heavy (non-hydrogen) atoms. The normalized spacial score (nSPS) is 26.1. The molecule has 1 atom stereocenters. The Morgan fingerprint density at radius 3 is 2.71 bits per heavy atom. The standard InChI is InChI=1S/C11H18IN3OS/c12-3-4-14-5-7-15(8-6-14)11(16)9-1-2-10(13)17-9/h1,10H,2-8,13H2. The second kappa shape index (κ2) is 6.40. The van der Waals surface area contributed by atoms with Crippen LogP contribution in [0.2, 0.25) is 0 Å². The number of alkyl halides is 1. The Kier molecular flexibility index (Phi) is 5.13. The first-order chi connectivity index (χ1) is 8.20. The Labute approximate surface area is 120 Å². The summed E-state index contributed by atoms with van der Waals surface area (Å²) in [7, 11) is 0. The Morgan fingerprint density at radius 1 is 1.47 bits per heavy atom. The summed E-state index contributed by atoms with van der Waals surface area (Å²) in [5.74, 6) is 0.178. The third kappa shape index (κ3) is 3.59. The molecule has 2 rings (SSSR count). The number of amides is 1. The van der Waals surface area contributed by atoms with Crippen LogP contribution in [0.3, 0.4) is 0 Å². The number of carbonyl (C=O) groups is 1. The third-order valence-corrected chi connectivity index (χ3v) is 4.66. The molecular weight excluding hydrogens is 349 g/mol. The first-order valence-electron chi connectivity index (χ1n) is 5.90. The third-order valence-electron chi connectivity index (χ3n) is 3.08. The monoisotopic (exact) mass is 367 g/mol. The number of hydrogen-bond acceptors (Lipinski definition) is 4. The molecule has 1 saturated heterocycles. The average Bonchev–Trinajstić information content (AvgIpc) is 2.76. The first kappa shape index (κ1) is 13.6. The summed E-state index contributed by atoms with van der Waals surface area (Å²) in [5.41, 5.74) is 5.79. The molecule has 2 aliphatic rings. The van der Waals surface area contributed by atoms with Gasteiger partial charge in [-0.3, -0.25) is 9.69 Å². The van der Waals surface area contributed by atoms with Gasteiger partial charge in [-0.25, -0.2) is 0 Å². The lowest BCUT2D eigenvalue weighted by Crippen LogP contribution is -2.49. The first-order valence-corrected chi connectivity index (χ1v) is 8.31. The number of thioether (sulfide) groups is 1. The minimum atomic E-state index is 0.0780. The molecule has 2 aliphatic heterocycles. The van der Waals surface area contributed by atoms with Crippen LogP contribution in [-0.2, 0) is 4.79 Å². The van der Waals surface area contributed by atoms with Crippen LogP contribution in [0.15, 0.2) is 11.0 Å². The van der Waals surface area contributed by atoms with Crippen molar-refractivity contribution in [3.05, 3.63) is 11.0 Å². The van der Waals surface area contributed by atoms with Gasteiger partial charge in [0.1, 0.15) is 0 Å². The summed E-state index contributed by atoms with van der Waals surface area (Å²) in [6, 6.07) is 0. The molecule has 2 heterocycles. The maximum Gasteiger partial charge on any atom is 0.260 e. The van der Waals surface area contributed by atoms with Gasteiger partial charge in [0.25, 0.3) is 5.91 Å². The van der Waals surface area contributed by atoms with Crippen molar-refractivity contribution in [2.75, 3.05) is 37.2 Å². The number of halogens is 1. The van der Waals surface area contributed by atoms with E-state index in [1.165, 1.54) is 11.8 Å². The molecule has 0 spiro atoms. The van der Waals surface area contributed by atoms with Gasteiger partial charge in [0.05, 0.1) is 10.3 Å². The van der Waals surface area contributed by atoms with Gasteiger partial charge < -0.3 is 10.6 Å². The van der Waals surface area contributed by atoms with E-state index in [1.807, 2.05) is 11.0 Å². The summed E-state index contributed by atoms with van der Waals surface area (Å²) < 4.78 is 1.15. The maximum absolute atomic E-state index is 12.2. The number of piperazine rings is 1. The summed E-state index contributed by atoms with van der Waals surface area (Å²) in [5, 5.41) is 0.0780. The van der Waals surface area contributed by atoms with Gasteiger partial charge in [0, 0.05) is 37.2 Å². The summed E-state index contributed by atoms with van der Waals surface area (Å²) >= 11 is 3.90. The molecular formula is C11H18IN3OS. The van der Waals surface area contributed by atoms with Crippen LogP contribution in [0.5, 0.6) is 0 Å². The van der Waals surface area contributed by atoms with E-state index in [1.54, 1.807) is 0 Å². The summed E-state index contributed by atoms with van der Waals surface area (Å²) in [6.07, 6.45) is 2.80. The predicted molar refractivity (Wildman–Crippen MR) is 80.2 cm³/mol. The lowest BCUT2D eigenvalue weighted by Gasteiger charge is -2.34. The molecule has 0 aliphatic carbocycles. The molecule has 96 valence electrons. The van der Waals surface area contributed by atoms with Crippen molar-refractivity contribution in [2.24, 2.45) is 5.73 Å². The van der Waals surface area contributed by atoms with E-state index in [4.69, 9.17) is 5.73 Å². The minimum absolute atomic E-state index is 0.0780. The lowest BCUT2D eigenvalue weighted by molar-refractivity contribution is -0.128. The van der Waals surface area contributed by atoms with E-state index in [0.717, 1.165) is 48.5 Å². The van der Waals surface area contributed by atoms with E-state index in [-0.39, 0.29) is 11.3 Å². The van der Waals surface area contributed by atoms with Gasteiger partial charge in [0.2, 0.25) is 0 Å². The highest BCUT2D eigenvalue weighted by atomic mass is 127. The molecule has 1 fully saturated rings. The fourth-order valence-electron chi connectivity index (χ4n) is 2.07. The smallest absolute Gasteiger partial charge is 0.260 e. The van der Waals surface area contributed by atoms with Crippen LogP contribution in [0.4, 0.5) is 0 Å². The van der Waals surface area contributed by atoms with Crippen LogP contribution < -0.4 is 5.73 Å². The summed E-state index contributed by atoms with van der Waals surface area (Å²) in [4.78, 5) is 17.4. The summed E-state index contributed by atoms with van der Waals surface area (Å²) in [6.45, 7) is 4.83. The molecule has 6 heteroatoms. The zero-order valence-electron chi connectivity index (χ0n) is 9.77. The molecule has 0 aromatic rings. The molecule has 0 radical (unpaired) electrons. The van der Waals surface area contributed by atoms with E-state index in [9.17, 15) is 4.79 Å². The highest BCUT2D eigenvalue weighted by molar-refractivity contribution is 14.1. The van der Waals surface area contributed by atoms with Crippen LogP contribution in [0.25, 0.3) is 0 Å². The van der Waals surface area contributed by atoms with Crippen LogP contribution in [-0.4, -0.2) is 58.2 Å². The highest BCUT2D eigenvalue weighted by Gasteiger charge is 2.26. The quantitative estimate of drug-likeness (QED) is 0.594. The molecule has 1 unspecified atom stereocenters. The Hall–Kier alpha value is 0.210. The molecule has 1 amide bonds. The van der Waals surface area contributed by atoms with Crippen LogP contribution in [0, 0.1) is 0 Å². The molecule has 4 nitrogen and oxygen atoms in total. The second-order valence-electron chi connectivity index (χ2n) is 4.28. The number of nitrogens with two attached hydrogens (primary N) is 1. The fourth-order valence-corrected chi connectivity index (χ4v) is 3.69. The van der Waals surface area contributed by atoms with Gasteiger partial charge >= 0.3 is 0 Å². The van der Waals surface area contributed by atoms with Gasteiger partial charge in [-0.1, -0.05) is 28.7 Å². The average molecular weight is 367 g/mol. The van der Waals surface area contributed by atoms with Gasteiger partial charge in [-0.15, -0.1) is 11.8 Å². The van der Waals surface area contributed by atoms with Crippen molar-refractivity contribution in [1.29, 1.82) is 0 Å². The zero-order valence-corrected chi connectivity index (χ0v) is 12.7. The van der Waals surface area contributed by atoms with Crippen molar-refractivity contribution in [3.63, 3.8) is 0 Å². The highest BCUT2D eigenvalue weighted by Crippen LogP contribution is 2.30. The molecule has 0 aromatic carbocycles. The van der Waals surface area contributed by atoms with Gasteiger partial charge in [0.15, 0.2) is 0 Å². The van der Waals surface area contributed by atoms with Crippen molar-refractivity contribution in [1.82, 2.24) is 9.80 Å². The minimum Gasteiger partial charge on any atom is -0.336 e. The van der Waals surface area contributed by atoms with Crippen molar-refractivity contribution < 1.29 is 4.79 Å². The van der Waals surface area contributed by atoms with Crippen molar-refractivity contribution >= 4 is 40.3 Å². The Bertz CT molecular complexity index is 316. The Balaban J connectivity index is 1.82. The lowest BCUT2D eigenvalue weighted by atomic mass is 10.3. The van der Waals surface area contributed by atoms with Gasteiger partial charge in [-0.2, -0.15) is 0 Å². The molecule has 0 saturated carbocycles. The van der Waals surface area contributed by atoms with Crippen LogP contribution in [0.1, 0.15) is 6.42 Å². The van der Waals surface area contributed by atoms with Gasteiger partial charge in [-0.05, 0) is 6.42 Å². The maximum atomic E-state index is 12.2. The largest absolute Gasteiger partial charge is 0.336 e. The molecule has 2 N–H and O–H groups in total. The van der Waals surface area contributed by atoms with E-state index >= 15 is 0 Å². The van der Waals surface area contributed by atoms with E-state index < -0.39 is 0 Å². The fraction of sp³-hybridized carbons (Fsp3) is 0.727. The van der Waals surface area contributed by atoms with Crippen molar-refractivity contribution in [2.45, 2.75) is 11.8 Å². The van der Waals surface area contributed by atoms with E-state index in [2.05, 4.69) is 27.5 Å². The van der Waals surface area contributed by atoms with Crippen molar-refractivity contribution in [3.8, 4) is 0 Å². The number of hydrogen-bond donors (Lipinski definition) is 1. The SMILES string of the molecule is NC1CC=C(C(=O)N2CCN(CCI)CC2)S1. The van der Waals surface area contributed by atoms with E-state index in [0.29, 0.717) is 0 Å². The zero-order chi connectivity index (χ0) is 12.3. The second-order valence-corrected chi connectivity index (χ2v) is 6.64. The predicted octanol–water partition coefficient (Wildman–Crippen LogP) is 0.871. The number of carbonyl (C=O) groups excluding carboxylic acids is 1. The number of rotatable bonds is 3. The molecule has 0 aromatic heterocycles. The number of nitrogens with zero attached hydrogens (tertiary/aromatic N) is 2. The Morgan fingerprint density at radius 2 is 2.18 bits per heavy atom. The van der Waals surface area contributed by atoms with Crippen LogP contribution >= 0.6 is 34.4 Å².